The molecule has 0 bridgehead atoms. The molecule has 174 valence electrons. The molecule has 3 N–H and O–H groups in total. The minimum Gasteiger partial charge on any atom is -0.491 e. The molecular weight excluding hydrogens is 470 g/mol. The first kappa shape index (κ1) is 24.1. The number of carbonyl (C=O) groups excluding carboxylic acids is 2. The van der Waals surface area contributed by atoms with Crippen LogP contribution in [0.2, 0.25) is 5.02 Å². The molecule has 0 saturated heterocycles. The van der Waals surface area contributed by atoms with Gasteiger partial charge in [0.15, 0.2) is 5.76 Å². The summed E-state index contributed by atoms with van der Waals surface area (Å²) in [6.45, 7) is 3.76. The Bertz CT molecular complexity index is 1230. The highest BCUT2D eigenvalue weighted by Gasteiger charge is 2.19. The number of amides is 2. The molecular formula is C22H22ClN3O6S. The third kappa shape index (κ3) is 7.26. The zero-order chi connectivity index (χ0) is 24.0. The van der Waals surface area contributed by atoms with E-state index in [9.17, 15) is 18.0 Å². The second kappa shape index (κ2) is 10.4. The highest BCUT2D eigenvalue weighted by Crippen LogP contribution is 2.27. The Morgan fingerprint density at radius 1 is 1.03 bits per heavy atom. The number of ether oxygens (including phenoxy) is 1. The van der Waals surface area contributed by atoms with Crippen LogP contribution >= 0.6 is 11.6 Å². The number of carbonyl (C=O) groups is 2. The Morgan fingerprint density at radius 3 is 2.39 bits per heavy atom. The first-order chi connectivity index (χ1) is 15.6. The predicted molar refractivity (Wildman–Crippen MR) is 126 cm³/mol. The van der Waals surface area contributed by atoms with Gasteiger partial charge in [0, 0.05) is 10.7 Å². The number of sulfonamides is 1. The van der Waals surface area contributed by atoms with E-state index in [2.05, 4.69) is 15.4 Å². The van der Waals surface area contributed by atoms with Crippen LogP contribution in [0.5, 0.6) is 5.75 Å². The topological polar surface area (TPSA) is 127 Å². The first-order valence-electron chi connectivity index (χ1n) is 9.83. The highest BCUT2D eigenvalue weighted by atomic mass is 35.5. The van der Waals surface area contributed by atoms with Gasteiger partial charge in [-0.1, -0.05) is 11.6 Å². The number of hydrogen-bond acceptors (Lipinski definition) is 6. The maximum atomic E-state index is 12.4. The van der Waals surface area contributed by atoms with E-state index in [1.165, 1.54) is 42.7 Å². The van der Waals surface area contributed by atoms with Gasteiger partial charge >= 0.3 is 0 Å². The van der Waals surface area contributed by atoms with Crippen molar-refractivity contribution in [3.8, 4) is 5.75 Å². The molecule has 33 heavy (non-hydrogen) atoms. The van der Waals surface area contributed by atoms with Crippen LogP contribution in [0.4, 0.5) is 17.1 Å². The molecule has 3 aromatic rings. The van der Waals surface area contributed by atoms with Gasteiger partial charge < -0.3 is 19.8 Å². The smallest absolute Gasteiger partial charge is 0.291 e. The van der Waals surface area contributed by atoms with Gasteiger partial charge in [-0.2, -0.15) is 0 Å². The number of halogens is 1. The average molecular weight is 492 g/mol. The lowest BCUT2D eigenvalue weighted by molar-refractivity contribution is -0.113. The van der Waals surface area contributed by atoms with Crippen LogP contribution in [-0.4, -0.2) is 32.1 Å². The van der Waals surface area contributed by atoms with Crippen molar-refractivity contribution < 1.29 is 27.2 Å². The molecule has 0 aliphatic rings. The standard InChI is InChI=1S/C22H22ClN3O6S/c1-14(2)32-17-8-6-16(7-9-17)26-33(29,30)13-21(27)24-18-10-5-15(23)12-19(18)25-22(28)20-4-3-11-31-20/h3-12,14,26H,13H2,1-2H3,(H,24,27)(H,25,28). The number of anilines is 3. The summed E-state index contributed by atoms with van der Waals surface area (Å²) in [5.41, 5.74) is 0.648. The van der Waals surface area contributed by atoms with Gasteiger partial charge in [0.2, 0.25) is 15.9 Å². The number of nitrogens with one attached hydrogen (secondary N) is 3. The van der Waals surface area contributed by atoms with Gasteiger partial charge in [-0.3, -0.25) is 14.3 Å². The fraction of sp³-hybridized carbons (Fsp3) is 0.182. The Hall–Kier alpha value is -3.50. The molecule has 0 spiro atoms. The zero-order valence-electron chi connectivity index (χ0n) is 17.8. The number of benzene rings is 2. The van der Waals surface area contributed by atoms with Gasteiger partial charge in [0.05, 0.1) is 23.7 Å². The first-order valence-corrected chi connectivity index (χ1v) is 11.9. The van der Waals surface area contributed by atoms with Crippen molar-refractivity contribution in [1.82, 2.24) is 0 Å². The van der Waals surface area contributed by atoms with E-state index in [1.54, 1.807) is 18.2 Å². The predicted octanol–water partition coefficient (Wildman–Crippen LogP) is 4.35. The number of furan rings is 1. The van der Waals surface area contributed by atoms with Crippen molar-refractivity contribution in [3.05, 3.63) is 71.6 Å². The SMILES string of the molecule is CC(C)Oc1ccc(NS(=O)(=O)CC(=O)Nc2ccc(Cl)cc2NC(=O)c2ccco2)cc1. The van der Waals surface area contributed by atoms with Crippen LogP contribution in [0.1, 0.15) is 24.4 Å². The van der Waals surface area contributed by atoms with E-state index in [0.29, 0.717) is 10.8 Å². The van der Waals surface area contributed by atoms with Gasteiger partial charge in [-0.05, 0) is 68.4 Å². The summed E-state index contributed by atoms with van der Waals surface area (Å²) in [5, 5.41) is 5.36. The van der Waals surface area contributed by atoms with E-state index in [4.69, 9.17) is 20.8 Å². The van der Waals surface area contributed by atoms with Crippen molar-refractivity contribution in [2.45, 2.75) is 20.0 Å². The summed E-state index contributed by atoms with van der Waals surface area (Å²) >= 11 is 6.00. The third-order valence-corrected chi connectivity index (χ3v) is 5.49. The molecule has 0 aliphatic heterocycles. The van der Waals surface area contributed by atoms with Crippen molar-refractivity contribution in [2.75, 3.05) is 21.1 Å². The molecule has 0 radical (unpaired) electrons. The molecule has 3 rings (SSSR count). The Morgan fingerprint density at radius 2 is 1.76 bits per heavy atom. The summed E-state index contributed by atoms with van der Waals surface area (Å²) < 4.78 is 37.8. The maximum absolute atomic E-state index is 12.4. The summed E-state index contributed by atoms with van der Waals surface area (Å²) in [6, 6.07) is 13.7. The Labute approximate surface area is 196 Å². The third-order valence-electron chi connectivity index (χ3n) is 4.07. The zero-order valence-corrected chi connectivity index (χ0v) is 19.4. The van der Waals surface area contributed by atoms with Gasteiger partial charge in [0.1, 0.15) is 11.5 Å². The van der Waals surface area contributed by atoms with Crippen molar-refractivity contribution >= 4 is 50.5 Å². The molecule has 9 nitrogen and oxygen atoms in total. The Kier molecular flexibility index (Phi) is 7.62. The average Bonchev–Trinajstić information content (AvgIpc) is 3.25. The van der Waals surface area contributed by atoms with Crippen LogP contribution < -0.4 is 20.1 Å². The molecule has 1 heterocycles. The fourth-order valence-corrected chi connectivity index (χ4v) is 3.93. The van der Waals surface area contributed by atoms with Gasteiger partial charge in [0.25, 0.3) is 5.91 Å². The minimum atomic E-state index is -4.00. The van der Waals surface area contributed by atoms with Crippen molar-refractivity contribution in [2.24, 2.45) is 0 Å². The summed E-state index contributed by atoms with van der Waals surface area (Å²) in [6.07, 6.45) is 1.33. The highest BCUT2D eigenvalue weighted by molar-refractivity contribution is 7.93. The molecule has 2 aromatic carbocycles. The van der Waals surface area contributed by atoms with Gasteiger partial charge in [-0.25, -0.2) is 8.42 Å². The lowest BCUT2D eigenvalue weighted by Gasteiger charge is -2.13. The minimum absolute atomic E-state index is 0.0159. The molecule has 0 saturated carbocycles. The second-order valence-corrected chi connectivity index (χ2v) is 9.38. The summed E-state index contributed by atoms with van der Waals surface area (Å²) in [7, 11) is -4.00. The monoisotopic (exact) mass is 491 g/mol. The van der Waals surface area contributed by atoms with Crippen LogP contribution in [0.25, 0.3) is 0 Å². The fourth-order valence-electron chi connectivity index (χ4n) is 2.77. The van der Waals surface area contributed by atoms with Crippen LogP contribution in [0, 0.1) is 0 Å². The van der Waals surface area contributed by atoms with E-state index in [1.807, 2.05) is 13.8 Å². The van der Waals surface area contributed by atoms with Crippen LogP contribution in [0.3, 0.4) is 0 Å². The molecule has 0 aliphatic carbocycles. The van der Waals surface area contributed by atoms with Gasteiger partial charge in [-0.15, -0.1) is 0 Å². The van der Waals surface area contributed by atoms with E-state index < -0.39 is 27.6 Å². The summed E-state index contributed by atoms with van der Waals surface area (Å²) in [5.74, 6) is -1.55. The maximum Gasteiger partial charge on any atom is 0.291 e. The lowest BCUT2D eigenvalue weighted by atomic mass is 10.2. The normalized spacial score (nSPS) is 11.2. The number of rotatable bonds is 9. The largest absolute Gasteiger partial charge is 0.491 e. The molecule has 0 fully saturated rings. The second-order valence-electron chi connectivity index (χ2n) is 7.22. The summed E-state index contributed by atoms with van der Waals surface area (Å²) in [4.78, 5) is 24.7. The van der Waals surface area contributed by atoms with Crippen molar-refractivity contribution in [1.29, 1.82) is 0 Å². The van der Waals surface area contributed by atoms with Crippen molar-refractivity contribution in [3.63, 3.8) is 0 Å². The van der Waals surface area contributed by atoms with E-state index in [0.717, 1.165) is 0 Å². The quantitative estimate of drug-likeness (QED) is 0.408. The van der Waals surface area contributed by atoms with E-state index >= 15 is 0 Å². The Balaban J connectivity index is 1.65. The molecule has 2 amide bonds. The van der Waals surface area contributed by atoms with E-state index in [-0.39, 0.29) is 28.9 Å². The number of hydrogen-bond donors (Lipinski definition) is 3. The molecule has 1 aromatic heterocycles. The molecule has 0 unspecified atom stereocenters. The molecule has 11 heteroatoms. The molecule has 0 atom stereocenters. The van der Waals surface area contributed by atoms with Crippen LogP contribution in [0.15, 0.2) is 65.3 Å². The lowest BCUT2D eigenvalue weighted by Crippen LogP contribution is -2.27. The van der Waals surface area contributed by atoms with Crippen LogP contribution in [-0.2, 0) is 14.8 Å².